The average Bonchev–Trinajstić information content (AvgIpc) is 2.67. The standard InChI is InChI=1S/C12H25NO2S/c1-4-13-12(10(2)16(3,14)15)9-11-7-5-6-8-11/h10-13H,4-9H2,1-3H3. The first-order valence-electron chi connectivity index (χ1n) is 6.37. The van der Waals surface area contributed by atoms with Crippen molar-refractivity contribution in [2.45, 2.75) is 57.2 Å². The molecule has 0 bridgehead atoms. The van der Waals surface area contributed by atoms with Crippen LogP contribution >= 0.6 is 0 Å². The molecule has 2 unspecified atom stereocenters. The van der Waals surface area contributed by atoms with Crippen molar-refractivity contribution in [3.05, 3.63) is 0 Å². The molecule has 0 aromatic heterocycles. The van der Waals surface area contributed by atoms with E-state index in [9.17, 15) is 8.42 Å². The van der Waals surface area contributed by atoms with E-state index in [0.29, 0.717) is 0 Å². The van der Waals surface area contributed by atoms with E-state index in [4.69, 9.17) is 0 Å². The SMILES string of the molecule is CCNC(CC1CCCC1)C(C)S(C)(=O)=O. The van der Waals surface area contributed by atoms with E-state index >= 15 is 0 Å². The summed E-state index contributed by atoms with van der Waals surface area (Å²) in [7, 11) is -2.93. The number of nitrogens with one attached hydrogen (secondary N) is 1. The Bertz CT molecular complexity index is 294. The molecular weight excluding hydrogens is 222 g/mol. The maximum Gasteiger partial charge on any atom is 0.151 e. The topological polar surface area (TPSA) is 46.2 Å². The van der Waals surface area contributed by atoms with E-state index in [1.807, 2.05) is 13.8 Å². The lowest BCUT2D eigenvalue weighted by atomic mass is 9.96. The fraction of sp³-hybridized carbons (Fsp3) is 1.00. The molecule has 3 nitrogen and oxygen atoms in total. The van der Waals surface area contributed by atoms with Gasteiger partial charge in [0.2, 0.25) is 0 Å². The van der Waals surface area contributed by atoms with E-state index < -0.39 is 9.84 Å². The molecule has 1 rings (SSSR count). The van der Waals surface area contributed by atoms with Gasteiger partial charge < -0.3 is 5.32 Å². The summed E-state index contributed by atoms with van der Waals surface area (Å²) in [6.45, 7) is 4.71. The third-order valence-corrected chi connectivity index (χ3v) is 5.45. The van der Waals surface area contributed by atoms with Gasteiger partial charge in [-0.05, 0) is 25.8 Å². The average molecular weight is 247 g/mol. The molecule has 2 atom stereocenters. The van der Waals surface area contributed by atoms with Crippen LogP contribution in [0.2, 0.25) is 0 Å². The van der Waals surface area contributed by atoms with Gasteiger partial charge in [-0.25, -0.2) is 8.42 Å². The Morgan fingerprint density at radius 2 is 1.88 bits per heavy atom. The molecule has 4 heteroatoms. The zero-order chi connectivity index (χ0) is 12.2. The van der Waals surface area contributed by atoms with Gasteiger partial charge in [-0.3, -0.25) is 0 Å². The Hall–Kier alpha value is -0.0900. The van der Waals surface area contributed by atoms with Gasteiger partial charge in [-0.15, -0.1) is 0 Å². The molecule has 1 aliphatic rings. The highest BCUT2D eigenvalue weighted by Crippen LogP contribution is 2.29. The summed E-state index contributed by atoms with van der Waals surface area (Å²) in [5, 5.41) is 3.07. The van der Waals surface area contributed by atoms with Crippen molar-refractivity contribution in [2.24, 2.45) is 5.92 Å². The lowest BCUT2D eigenvalue weighted by Crippen LogP contribution is -2.43. The molecule has 0 amide bonds. The molecule has 0 aromatic carbocycles. The van der Waals surface area contributed by atoms with Gasteiger partial charge in [0.1, 0.15) is 0 Å². The van der Waals surface area contributed by atoms with Crippen LogP contribution in [0, 0.1) is 5.92 Å². The van der Waals surface area contributed by atoms with Gasteiger partial charge >= 0.3 is 0 Å². The van der Waals surface area contributed by atoms with Crippen molar-refractivity contribution in [3.63, 3.8) is 0 Å². The molecule has 1 N–H and O–H groups in total. The monoisotopic (exact) mass is 247 g/mol. The predicted octanol–water partition coefficient (Wildman–Crippen LogP) is 1.98. The van der Waals surface area contributed by atoms with E-state index in [0.717, 1.165) is 18.9 Å². The van der Waals surface area contributed by atoms with E-state index in [1.54, 1.807) is 0 Å². The summed E-state index contributed by atoms with van der Waals surface area (Å²) < 4.78 is 23.2. The Labute approximate surface area is 99.9 Å². The highest BCUT2D eigenvalue weighted by molar-refractivity contribution is 7.91. The molecule has 0 saturated heterocycles. The largest absolute Gasteiger partial charge is 0.313 e. The molecule has 1 saturated carbocycles. The molecule has 0 spiro atoms. The van der Waals surface area contributed by atoms with Crippen molar-refractivity contribution in [2.75, 3.05) is 12.8 Å². The van der Waals surface area contributed by atoms with Crippen LogP contribution in [0.25, 0.3) is 0 Å². The third-order valence-electron chi connectivity index (χ3n) is 3.77. The highest BCUT2D eigenvalue weighted by atomic mass is 32.2. The zero-order valence-electron chi connectivity index (χ0n) is 10.7. The van der Waals surface area contributed by atoms with Gasteiger partial charge in [0, 0.05) is 12.3 Å². The summed E-state index contributed by atoms with van der Waals surface area (Å²) in [6.07, 6.45) is 7.54. The minimum Gasteiger partial charge on any atom is -0.313 e. The fourth-order valence-corrected chi connectivity index (χ4v) is 3.41. The summed E-state index contributed by atoms with van der Waals surface area (Å²) >= 11 is 0. The lowest BCUT2D eigenvalue weighted by molar-refractivity contribution is 0.383. The fourth-order valence-electron chi connectivity index (χ4n) is 2.61. The smallest absolute Gasteiger partial charge is 0.151 e. The number of rotatable bonds is 6. The first-order valence-corrected chi connectivity index (χ1v) is 8.32. The van der Waals surface area contributed by atoms with Crippen LogP contribution in [-0.4, -0.2) is 32.5 Å². The third kappa shape index (κ3) is 4.06. The van der Waals surface area contributed by atoms with Crippen LogP contribution < -0.4 is 5.32 Å². The lowest BCUT2D eigenvalue weighted by Gasteiger charge is -2.26. The van der Waals surface area contributed by atoms with Crippen LogP contribution in [0.1, 0.15) is 46.0 Å². The second kappa shape index (κ2) is 6.01. The van der Waals surface area contributed by atoms with Crippen molar-refractivity contribution in [1.29, 1.82) is 0 Å². The van der Waals surface area contributed by atoms with Gasteiger partial charge in [-0.1, -0.05) is 32.6 Å². The van der Waals surface area contributed by atoms with Gasteiger partial charge in [0.25, 0.3) is 0 Å². The first kappa shape index (κ1) is 14.0. The Balaban J connectivity index is 2.58. The van der Waals surface area contributed by atoms with Crippen LogP contribution in [0.15, 0.2) is 0 Å². The van der Waals surface area contributed by atoms with E-state index in [2.05, 4.69) is 5.32 Å². The molecule has 0 aromatic rings. The number of sulfone groups is 1. The van der Waals surface area contributed by atoms with Gasteiger partial charge in [0.05, 0.1) is 5.25 Å². The van der Waals surface area contributed by atoms with Crippen molar-refractivity contribution in [3.8, 4) is 0 Å². The summed E-state index contributed by atoms with van der Waals surface area (Å²) in [4.78, 5) is 0. The van der Waals surface area contributed by atoms with Crippen LogP contribution in [0.4, 0.5) is 0 Å². The molecule has 96 valence electrons. The van der Waals surface area contributed by atoms with Crippen molar-refractivity contribution in [1.82, 2.24) is 5.32 Å². The molecule has 0 aliphatic heterocycles. The quantitative estimate of drug-likeness (QED) is 0.780. The van der Waals surface area contributed by atoms with E-state index in [-0.39, 0.29) is 11.3 Å². The molecule has 1 aliphatic carbocycles. The highest BCUT2D eigenvalue weighted by Gasteiger charge is 2.28. The van der Waals surface area contributed by atoms with Crippen molar-refractivity contribution < 1.29 is 8.42 Å². The predicted molar refractivity (Wildman–Crippen MR) is 68.3 cm³/mol. The second-order valence-electron chi connectivity index (χ2n) is 5.09. The van der Waals surface area contributed by atoms with Crippen molar-refractivity contribution >= 4 is 9.84 Å². The Morgan fingerprint density at radius 1 is 1.31 bits per heavy atom. The first-order chi connectivity index (χ1) is 7.45. The maximum absolute atomic E-state index is 11.6. The van der Waals surface area contributed by atoms with Crippen LogP contribution in [0.5, 0.6) is 0 Å². The molecule has 1 fully saturated rings. The zero-order valence-corrected chi connectivity index (χ0v) is 11.5. The minimum absolute atomic E-state index is 0.128. The van der Waals surface area contributed by atoms with Gasteiger partial charge in [-0.2, -0.15) is 0 Å². The maximum atomic E-state index is 11.6. The molecular formula is C12H25NO2S. The molecule has 0 radical (unpaired) electrons. The Morgan fingerprint density at radius 3 is 2.31 bits per heavy atom. The second-order valence-corrected chi connectivity index (χ2v) is 7.49. The number of hydrogen-bond donors (Lipinski definition) is 1. The molecule has 0 heterocycles. The van der Waals surface area contributed by atoms with E-state index in [1.165, 1.54) is 31.9 Å². The normalized spacial score (nSPS) is 22.2. The van der Waals surface area contributed by atoms with Crippen LogP contribution in [0.3, 0.4) is 0 Å². The van der Waals surface area contributed by atoms with Gasteiger partial charge in [0.15, 0.2) is 9.84 Å². The van der Waals surface area contributed by atoms with Crippen LogP contribution in [-0.2, 0) is 9.84 Å². The molecule has 16 heavy (non-hydrogen) atoms. The Kier molecular flexibility index (Phi) is 5.25. The summed E-state index contributed by atoms with van der Waals surface area (Å²) in [5.74, 6) is 0.730. The number of hydrogen-bond acceptors (Lipinski definition) is 3. The minimum atomic E-state index is -2.93. The summed E-state index contributed by atoms with van der Waals surface area (Å²) in [6, 6.07) is 0.128. The summed E-state index contributed by atoms with van der Waals surface area (Å²) in [5.41, 5.74) is 0.